The summed E-state index contributed by atoms with van der Waals surface area (Å²) in [6, 6.07) is 19.3. The lowest BCUT2D eigenvalue weighted by Crippen LogP contribution is -2.49. The molecule has 1 atom stereocenters. The maximum atomic E-state index is 12.9. The Morgan fingerprint density at radius 1 is 1.06 bits per heavy atom. The summed E-state index contributed by atoms with van der Waals surface area (Å²) in [6.07, 6.45) is -0.727. The van der Waals surface area contributed by atoms with E-state index in [4.69, 9.17) is 9.47 Å². The van der Waals surface area contributed by atoms with E-state index >= 15 is 0 Å². The largest absolute Gasteiger partial charge is 0.489 e. The van der Waals surface area contributed by atoms with E-state index in [1.165, 1.54) is 30.1 Å². The first-order chi connectivity index (χ1) is 16.4. The van der Waals surface area contributed by atoms with E-state index in [1.807, 2.05) is 36.4 Å². The minimum Gasteiger partial charge on any atom is -0.489 e. The van der Waals surface area contributed by atoms with Gasteiger partial charge in [0, 0.05) is 13.0 Å². The normalized spacial score (nSPS) is 16.6. The highest BCUT2D eigenvalue weighted by atomic mass is 16.5. The second-order valence-corrected chi connectivity index (χ2v) is 8.22. The number of nitrogens with zero attached hydrogens (tertiary/aromatic N) is 1. The molecule has 0 radical (unpaired) electrons. The molecule has 172 valence electrons. The maximum absolute atomic E-state index is 12.9. The summed E-state index contributed by atoms with van der Waals surface area (Å²) in [6.45, 7) is 0.0203. The van der Waals surface area contributed by atoms with E-state index in [0.717, 1.165) is 22.3 Å². The third kappa shape index (κ3) is 3.73. The van der Waals surface area contributed by atoms with Gasteiger partial charge in [-0.15, -0.1) is 0 Å². The number of hydrogen-bond acceptors (Lipinski definition) is 5. The molecule has 2 aliphatic rings. The quantitative estimate of drug-likeness (QED) is 0.618. The number of ether oxygens (including phenoxy) is 2. The molecule has 0 bridgehead atoms. The van der Waals surface area contributed by atoms with Crippen molar-refractivity contribution in [1.29, 1.82) is 0 Å². The van der Waals surface area contributed by atoms with Gasteiger partial charge in [0.25, 0.3) is 5.91 Å². The predicted molar refractivity (Wildman–Crippen MR) is 124 cm³/mol. The lowest BCUT2D eigenvalue weighted by atomic mass is 9.98. The van der Waals surface area contributed by atoms with Crippen LogP contribution >= 0.6 is 0 Å². The molecule has 5 rings (SSSR count). The van der Waals surface area contributed by atoms with Gasteiger partial charge in [0.1, 0.15) is 25.0 Å². The summed E-state index contributed by atoms with van der Waals surface area (Å²) in [5.74, 6) is -1.28. The number of alkyl carbamates (subject to hydrolysis) is 1. The van der Waals surface area contributed by atoms with Gasteiger partial charge >= 0.3 is 12.1 Å². The minimum absolute atomic E-state index is 0.0324. The Hall–Kier alpha value is -4.33. The number of carbonyl (C=O) groups excluding carboxylic acids is 2. The Bertz CT molecular complexity index is 1260. The van der Waals surface area contributed by atoms with Crippen LogP contribution in [0.1, 0.15) is 27.4 Å². The molecule has 1 aliphatic heterocycles. The third-order valence-electron chi connectivity index (χ3n) is 6.24. The monoisotopic (exact) mass is 458 g/mol. The molecule has 3 aromatic rings. The first kappa shape index (κ1) is 21.5. The molecule has 34 heavy (non-hydrogen) atoms. The Morgan fingerprint density at radius 3 is 2.35 bits per heavy atom. The van der Waals surface area contributed by atoms with Gasteiger partial charge in [-0.3, -0.25) is 4.79 Å². The molecule has 3 aromatic carbocycles. The fourth-order valence-corrected chi connectivity index (χ4v) is 4.52. The van der Waals surface area contributed by atoms with Crippen LogP contribution in [0, 0.1) is 0 Å². The SMILES string of the molecule is CN1C(=O)[C@H](NC(=O)OCC2c3ccccc3-c3ccccc32)COc2ccc(C(=O)O)cc21. The maximum Gasteiger partial charge on any atom is 0.407 e. The highest BCUT2D eigenvalue weighted by Crippen LogP contribution is 2.44. The van der Waals surface area contributed by atoms with E-state index in [-0.39, 0.29) is 24.7 Å². The molecule has 0 aromatic heterocycles. The molecule has 0 unspecified atom stereocenters. The molecule has 0 saturated heterocycles. The van der Waals surface area contributed by atoms with Gasteiger partial charge in [-0.2, -0.15) is 0 Å². The van der Waals surface area contributed by atoms with Crippen LogP contribution in [-0.4, -0.2) is 49.4 Å². The average molecular weight is 458 g/mol. The van der Waals surface area contributed by atoms with E-state index in [1.54, 1.807) is 0 Å². The zero-order chi connectivity index (χ0) is 23.8. The highest BCUT2D eigenvalue weighted by molar-refractivity contribution is 6.01. The van der Waals surface area contributed by atoms with Crippen LogP contribution in [0.2, 0.25) is 0 Å². The number of rotatable bonds is 4. The van der Waals surface area contributed by atoms with Crippen molar-refractivity contribution in [1.82, 2.24) is 5.32 Å². The number of fused-ring (bicyclic) bond motifs is 4. The molecule has 8 heteroatoms. The minimum atomic E-state index is -1.11. The van der Waals surface area contributed by atoms with Crippen LogP contribution in [0.25, 0.3) is 11.1 Å². The smallest absolute Gasteiger partial charge is 0.407 e. The van der Waals surface area contributed by atoms with E-state index in [0.29, 0.717) is 11.4 Å². The van der Waals surface area contributed by atoms with E-state index in [9.17, 15) is 19.5 Å². The number of aromatic carboxylic acids is 1. The lowest BCUT2D eigenvalue weighted by Gasteiger charge is -2.21. The summed E-state index contributed by atoms with van der Waals surface area (Å²) in [4.78, 5) is 38.1. The van der Waals surface area contributed by atoms with Crippen molar-refractivity contribution < 1.29 is 29.0 Å². The van der Waals surface area contributed by atoms with Crippen molar-refractivity contribution in [3.8, 4) is 16.9 Å². The number of amides is 2. The molecule has 1 heterocycles. The second-order valence-electron chi connectivity index (χ2n) is 8.22. The summed E-state index contributed by atoms with van der Waals surface area (Å²) in [7, 11) is 1.51. The summed E-state index contributed by atoms with van der Waals surface area (Å²) in [5, 5.41) is 11.8. The Labute approximate surface area is 195 Å². The van der Waals surface area contributed by atoms with Crippen LogP contribution in [-0.2, 0) is 9.53 Å². The van der Waals surface area contributed by atoms with Gasteiger partial charge in [-0.1, -0.05) is 48.5 Å². The summed E-state index contributed by atoms with van der Waals surface area (Å²) in [5.41, 5.74) is 4.79. The summed E-state index contributed by atoms with van der Waals surface area (Å²) < 4.78 is 11.2. The molecular formula is C26H22N2O6. The molecule has 2 N–H and O–H groups in total. The van der Waals surface area contributed by atoms with Gasteiger partial charge in [-0.25, -0.2) is 9.59 Å². The highest BCUT2D eigenvalue weighted by Gasteiger charge is 2.33. The van der Waals surface area contributed by atoms with Crippen LogP contribution < -0.4 is 15.0 Å². The molecule has 2 amide bonds. The molecular weight excluding hydrogens is 436 g/mol. The van der Waals surface area contributed by atoms with Crippen molar-refractivity contribution >= 4 is 23.7 Å². The predicted octanol–water partition coefficient (Wildman–Crippen LogP) is 3.65. The fourth-order valence-electron chi connectivity index (χ4n) is 4.52. The number of carboxylic acid groups (broad SMARTS) is 1. The molecule has 0 fully saturated rings. The van der Waals surface area contributed by atoms with Crippen LogP contribution in [0.3, 0.4) is 0 Å². The van der Waals surface area contributed by atoms with Crippen molar-refractivity contribution in [2.45, 2.75) is 12.0 Å². The van der Waals surface area contributed by atoms with Crippen molar-refractivity contribution in [2.24, 2.45) is 0 Å². The van der Waals surface area contributed by atoms with E-state index in [2.05, 4.69) is 17.4 Å². The Balaban J connectivity index is 1.27. The van der Waals surface area contributed by atoms with Gasteiger partial charge in [0.05, 0.1) is 11.3 Å². The summed E-state index contributed by atoms with van der Waals surface area (Å²) >= 11 is 0. The van der Waals surface area contributed by atoms with Crippen molar-refractivity contribution in [2.75, 3.05) is 25.2 Å². The lowest BCUT2D eigenvalue weighted by molar-refractivity contribution is -0.120. The fraction of sp³-hybridized carbons (Fsp3) is 0.192. The van der Waals surface area contributed by atoms with Crippen LogP contribution in [0.5, 0.6) is 5.75 Å². The number of benzene rings is 3. The number of hydrogen-bond donors (Lipinski definition) is 2. The number of carboxylic acids is 1. The zero-order valence-corrected chi connectivity index (χ0v) is 18.4. The third-order valence-corrected chi connectivity index (χ3v) is 6.24. The second kappa shape index (κ2) is 8.55. The van der Waals surface area contributed by atoms with Gasteiger partial charge in [0.2, 0.25) is 0 Å². The number of likely N-dealkylation sites (N-methyl/N-ethyl adjacent to an activating group) is 1. The average Bonchev–Trinajstić information content (AvgIpc) is 3.12. The number of carbonyl (C=O) groups is 3. The standard InChI is InChI=1S/C26H22N2O6/c1-28-22-12-15(25(30)31)10-11-23(22)33-14-21(24(28)29)27-26(32)34-13-20-18-8-4-2-6-16(18)17-7-3-5-9-19(17)20/h2-12,20-21H,13-14H2,1H3,(H,27,32)(H,30,31)/t21-/m1/s1. The molecule has 0 saturated carbocycles. The van der Waals surface area contributed by atoms with Crippen molar-refractivity contribution in [3.63, 3.8) is 0 Å². The topological polar surface area (TPSA) is 105 Å². The van der Waals surface area contributed by atoms with Crippen LogP contribution in [0.15, 0.2) is 66.7 Å². The molecule has 8 nitrogen and oxygen atoms in total. The van der Waals surface area contributed by atoms with Crippen molar-refractivity contribution in [3.05, 3.63) is 83.4 Å². The first-order valence-electron chi connectivity index (χ1n) is 10.8. The molecule has 1 aliphatic carbocycles. The Kier molecular flexibility index (Phi) is 5.41. The van der Waals surface area contributed by atoms with Gasteiger partial charge < -0.3 is 24.8 Å². The number of anilines is 1. The van der Waals surface area contributed by atoms with E-state index < -0.39 is 24.0 Å². The van der Waals surface area contributed by atoms with Gasteiger partial charge in [0.15, 0.2) is 0 Å². The van der Waals surface area contributed by atoms with Gasteiger partial charge in [-0.05, 0) is 40.5 Å². The first-order valence-corrected chi connectivity index (χ1v) is 10.8. The Morgan fingerprint density at radius 2 is 1.71 bits per heavy atom. The zero-order valence-electron chi connectivity index (χ0n) is 18.4. The van der Waals surface area contributed by atoms with Crippen LogP contribution in [0.4, 0.5) is 10.5 Å². The number of nitrogens with one attached hydrogen (secondary N) is 1. The molecule has 0 spiro atoms.